The van der Waals surface area contributed by atoms with Gasteiger partial charge in [-0.15, -0.1) is 0 Å². The molecule has 0 saturated carbocycles. The molecule has 0 saturated heterocycles. The summed E-state index contributed by atoms with van der Waals surface area (Å²) >= 11 is 0. The molecule has 2 aromatic rings. The first kappa shape index (κ1) is 12.1. The van der Waals surface area contributed by atoms with Gasteiger partial charge in [0.2, 0.25) is 0 Å². The quantitative estimate of drug-likeness (QED) is 0.640. The third kappa shape index (κ3) is 3.33. The van der Waals surface area contributed by atoms with Gasteiger partial charge in [0.1, 0.15) is 11.5 Å². The van der Waals surface area contributed by atoms with Gasteiger partial charge in [0, 0.05) is 13.3 Å². The molecule has 0 aromatic heterocycles. The number of hydrogen-bond donors (Lipinski definition) is 2. The molecule has 0 bridgehead atoms. The summed E-state index contributed by atoms with van der Waals surface area (Å²) in [5.74, 6) is 0.988. The molecule has 0 aliphatic carbocycles. The standard InChI is InChI=1S/C14H14N2O2/c1-15-18-14-8-2-11(3-9-14)10-16-12-4-6-13(17)7-5-12/h2-10,15,17H,1H3. The van der Waals surface area contributed by atoms with Crippen LogP contribution in [0.1, 0.15) is 5.56 Å². The number of phenols is 1. The van der Waals surface area contributed by atoms with Crippen LogP contribution < -0.4 is 10.3 Å². The molecule has 0 aliphatic rings. The van der Waals surface area contributed by atoms with Crippen molar-refractivity contribution < 1.29 is 9.94 Å². The van der Waals surface area contributed by atoms with Crippen LogP contribution in [0.5, 0.6) is 11.5 Å². The number of nitrogens with one attached hydrogen (secondary N) is 1. The van der Waals surface area contributed by atoms with E-state index in [9.17, 15) is 0 Å². The number of aromatic hydroxyl groups is 1. The number of aliphatic imine (C=N–C) groups is 1. The van der Waals surface area contributed by atoms with Crippen LogP contribution in [0.2, 0.25) is 0 Å². The minimum atomic E-state index is 0.238. The second-order valence-corrected chi connectivity index (χ2v) is 3.65. The second kappa shape index (κ2) is 5.84. The Morgan fingerprint density at radius 2 is 1.72 bits per heavy atom. The lowest BCUT2D eigenvalue weighted by atomic mass is 10.2. The van der Waals surface area contributed by atoms with Crippen LogP contribution in [0.4, 0.5) is 5.69 Å². The highest BCUT2D eigenvalue weighted by atomic mass is 16.6. The molecule has 18 heavy (non-hydrogen) atoms. The minimum Gasteiger partial charge on any atom is -0.508 e. The Balaban J connectivity index is 2.06. The normalized spacial score (nSPS) is 10.7. The lowest BCUT2D eigenvalue weighted by molar-refractivity contribution is 0.224. The van der Waals surface area contributed by atoms with Crippen LogP contribution in [0.15, 0.2) is 53.5 Å². The topological polar surface area (TPSA) is 53.8 Å². The van der Waals surface area contributed by atoms with E-state index < -0.39 is 0 Å². The molecule has 0 unspecified atom stereocenters. The summed E-state index contributed by atoms with van der Waals surface area (Å²) in [4.78, 5) is 9.42. The van der Waals surface area contributed by atoms with Gasteiger partial charge in [-0.2, -0.15) is 5.48 Å². The molecule has 4 nitrogen and oxygen atoms in total. The van der Waals surface area contributed by atoms with Gasteiger partial charge < -0.3 is 9.94 Å². The van der Waals surface area contributed by atoms with Crippen molar-refractivity contribution in [2.45, 2.75) is 0 Å². The highest BCUT2D eigenvalue weighted by molar-refractivity contribution is 5.82. The van der Waals surface area contributed by atoms with E-state index >= 15 is 0 Å². The first-order valence-electron chi connectivity index (χ1n) is 5.55. The van der Waals surface area contributed by atoms with Crippen molar-refractivity contribution in [3.8, 4) is 11.5 Å². The van der Waals surface area contributed by atoms with E-state index in [4.69, 9.17) is 9.94 Å². The van der Waals surface area contributed by atoms with E-state index in [-0.39, 0.29) is 5.75 Å². The maximum Gasteiger partial charge on any atom is 0.147 e. The van der Waals surface area contributed by atoms with Gasteiger partial charge in [-0.25, -0.2) is 0 Å². The van der Waals surface area contributed by atoms with Gasteiger partial charge in [-0.1, -0.05) is 0 Å². The molecule has 0 amide bonds. The molecule has 0 fully saturated rings. The summed E-state index contributed by atoms with van der Waals surface area (Å²) in [5, 5.41) is 9.15. The number of benzene rings is 2. The molecule has 4 heteroatoms. The second-order valence-electron chi connectivity index (χ2n) is 3.65. The zero-order valence-corrected chi connectivity index (χ0v) is 10.00. The van der Waals surface area contributed by atoms with Gasteiger partial charge in [-0.05, 0) is 54.1 Å². The monoisotopic (exact) mass is 242 g/mol. The fraction of sp³-hybridized carbons (Fsp3) is 0.0714. The van der Waals surface area contributed by atoms with Gasteiger partial charge in [0.15, 0.2) is 0 Å². The first-order chi connectivity index (χ1) is 8.78. The van der Waals surface area contributed by atoms with Crippen molar-refractivity contribution in [1.29, 1.82) is 0 Å². The number of nitrogens with zero attached hydrogens (tertiary/aromatic N) is 1. The summed E-state index contributed by atoms with van der Waals surface area (Å²) in [6.07, 6.45) is 1.76. The molecule has 2 aromatic carbocycles. The lowest BCUT2D eigenvalue weighted by Crippen LogP contribution is -2.10. The van der Waals surface area contributed by atoms with Gasteiger partial charge >= 0.3 is 0 Å². The number of hydroxylamine groups is 1. The summed E-state index contributed by atoms with van der Waals surface area (Å²) in [6, 6.07) is 14.3. The van der Waals surface area contributed by atoms with Crippen LogP contribution in [-0.2, 0) is 0 Å². The first-order valence-corrected chi connectivity index (χ1v) is 5.55. The fourth-order valence-electron chi connectivity index (χ4n) is 1.43. The van der Waals surface area contributed by atoms with Crippen molar-refractivity contribution in [3.63, 3.8) is 0 Å². The predicted octanol–water partition coefficient (Wildman–Crippen LogP) is 2.66. The van der Waals surface area contributed by atoms with E-state index in [0.717, 1.165) is 17.0 Å². The molecule has 92 valence electrons. The van der Waals surface area contributed by atoms with E-state index in [1.807, 2.05) is 24.3 Å². The molecular formula is C14H14N2O2. The molecule has 0 atom stereocenters. The van der Waals surface area contributed by atoms with Crippen molar-refractivity contribution in [2.24, 2.45) is 4.99 Å². The Hall–Kier alpha value is -2.33. The van der Waals surface area contributed by atoms with Crippen LogP contribution in [-0.4, -0.2) is 18.4 Å². The van der Waals surface area contributed by atoms with Crippen molar-refractivity contribution in [2.75, 3.05) is 7.05 Å². The maximum atomic E-state index is 9.15. The zero-order chi connectivity index (χ0) is 12.8. The molecule has 2 rings (SSSR count). The molecule has 0 heterocycles. The van der Waals surface area contributed by atoms with Gasteiger partial charge in [0.05, 0.1) is 5.69 Å². The van der Waals surface area contributed by atoms with Crippen molar-refractivity contribution in [3.05, 3.63) is 54.1 Å². The molecule has 0 radical (unpaired) electrons. The van der Waals surface area contributed by atoms with E-state index in [1.165, 1.54) is 0 Å². The zero-order valence-electron chi connectivity index (χ0n) is 10.00. The lowest BCUT2D eigenvalue weighted by Gasteiger charge is -2.02. The van der Waals surface area contributed by atoms with Crippen LogP contribution in [0.25, 0.3) is 0 Å². The third-order valence-corrected chi connectivity index (χ3v) is 2.31. The number of phenolic OH excluding ortho intramolecular Hbond substituents is 1. The van der Waals surface area contributed by atoms with Gasteiger partial charge in [0.25, 0.3) is 0 Å². The van der Waals surface area contributed by atoms with Crippen LogP contribution >= 0.6 is 0 Å². The smallest absolute Gasteiger partial charge is 0.147 e. The molecular weight excluding hydrogens is 228 g/mol. The maximum absolute atomic E-state index is 9.15. The fourth-order valence-corrected chi connectivity index (χ4v) is 1.43. The van der Waals surface area contributed by atoms with Crippen LogP contribution in [0, 0.1) is 0 Å². The highest BCUT2D eigenvalue weighted by Crippen LogP contribution is 2.17. The Labute approximate surface area is 106 Å². The molecule has 0 aliphatic heterocycles. The summed E-state index contributed by atoms with van der Waals surface area (Å²) in [6.45, 7) is 0. The number of rotatable bonds is 4. The van der Waals surface area contributed by atoms with Crippen LogP contribution in [0.3, 0.4) is 0 Å². The Morgan fingerprint density at radius 3 is 2.33 bits per heavy atom. The number of hydrogen-bond acceptors (Lipinski definition) is 4. The van der Waals surface area contributed by atoms with E-state index in [2.05, 4.69) is 10.5 Å². The van der Waals surface area contributed by atoms with E-state index in [1.54, 1.807) is 37.5 Å². The van der Waals surface area contributed by atoms with Crippen molar-refractivity contribution in [1.82, 2.24) is 5.48 Å². The Morgan fingerprint density at radius 1 is 1.06 bits per heavy atom. The van der Waals surface area contributed by atoms with Gasteiger partial charge in [-0.3, -0.25) is 4.99 Å². The Bertz CT molecular complexity index is 518. The largest absolute Gasteiger partial charge is 0.508 e. The average Bonchev–Trinajstić information content (AvgIpc) is 2.40. The van der Waals surface area contributed by atoms with E-state index in [0.29, 0.717) is 0 Å². The Kier molecular flexibility index (Phi) is 3.94. The SMILES string of the molecule is CNOc1ccc(C=Nc2ccc(O)cc2)cc1. The molecule has 2 N–H and O–H groups in total. The summed E-state index contributed by atoms with van der Waals surface area (Å²) in [7, 11) is 1.71. The minimum absolute atomic E-state index is 0.238. The highest BCUT2D eigenvalue weighted by Gasteiger charge is 1.93. The summed E-state index contributed by atoms with van der Waals surface area (Å²) < 4.78 is 0. The summed E-state index contributed by atoms with van der Waals surface area (Å²) in [5.41, 5.74) is 4.38. The average molecular weight is 242 g/mol. The molecule has 0 spiro atoms. The van der Waals surface area contributed by atoms with Crippen molar-refractivity contribution >= 4 is 11.9 Å². The predicted molar refractivity (Wildman–Crippen MR) is 71.5 cm³/mol. The third-order valence-electron chi connectivity index (χ3n) is 2.31.